The topological polar surface area (TPSA) is 90.9 Å². The van der Waals surface area contributed by atoms with E-state index in [0.29, 0.717) is 12.2 Å². The molecule has 0 aliphatic rings. The van der Waals surface area contributed by atoms with Crippen molar-refractivity contribution in [2.75, 3.05) is 6.61 Å². The molecule has 6 heteroatoms. The zero-order valence-corrected chi connectivity index (χ0v) is 9.16. The number of hydrogen-bond acceptors (Lipinski definition) is 4. The smallest absolute Gasteiger partial charge is 0.291 e. The average molecular weight is 212 g/mol. The summed E-state index contributed by atoms with van der Waals surface area (Å²) in [6.45, 7) is 5.26. The molecule has 1 atom stereocenters. The van der Waals surface area contributed by atoms with Gasteiger partial charge < -0.3 is 10.4 Å². The summed E-state index contributed by atoms with van der Waals surface area (Å²) >= 11 is 0. The minimum atomic E-state index is -0.619. The van der Waals surface area contributed by atoms with Crippen LogP contribution in [0.25, 0.3) is 0 Å². The largest absolute Gasteiger partial charge is 0.394 e. The van der Waals surface area contributed by atoms with Gasteiger partial charge in [0.05, 0.1) is 12.1 Å². The van der Waals surface area contributed by atoms with Crippen molar-refractivity contribution in [1.82, 2.24) is 20.5 Å². The molecule has 15 heavy (non-hydrogen) atoms. The quantitative estimate of drug-likeness (QED) is 0.655. The number of aliphatic hydroxyl groups is 1. The highest BCUT2D eigenvalue weighted by Crippen LogP contribution is 2.08. The maximum atomic E-state index is 11.6. The van der Waals surface area contributed by atoms with E-state index in [9.17, 15) is 4.79 Å². The SMILES string of the molecule is CCC(C)(CO)NC(=O)c1n[nH]c(C)n1. The number of aryl methyl sites for hydroxylation is 1. The molecule has 0 aliphatic carbocycles. The predicted octanol–water partition coefficient (Wildman–Crippen LogP) is 0.00392. The number of hydrogen-bond donors (Lipinski definition) is 3. The Hall–Kier alpha value is -1.43. The fraction of sp³-hybridized carbons (Fsp3) is 0.667. The van der Waals surface area contributed by atoms with Gasteiger partial charge in [0.1, 0.15) is 5.82 Å². The lowest BCUT2D eigenvalue weighted by molar-refractivity contribution is 0.0837. The number of aromatic amines is 1. The Labute approximate surface area is 88.1 Å². The third-order valence-corrected chi connectivity index (χ3v) is 2.34. The molecular formula is C9H16N4O2. The lowest BCUT2D eigenvalue weighted by Gasteiger charge is -2.26. The Morgan fingerprint density at radius 1 is 1.67 bits per heavy atom. The third-order valence-electron chi connectivity index (χ3n) is 2.34. The average Bonchev–Trinajstić information content (AvgIpc) is 2.65. The number of nitrogens with zero attached hydrogens (tertiary/aromatic N) is 2. The van der Waals surface area contributed by atoms with Gasteiger partial charge in [0.25, 0.3) is 5.91 Å². The highest BCUT2D eigenvalue weighted by atomic mass is 16.3. The Bertz CT molecular complexity index is 344. The van der Waals surface area contributed by atoms with Gasteiger partial charge >= 0.3 is 0 Å². The number of amides is 1. The summed E-state index contributed by atoms with van der Waals surface area (Å²) in [5, 5.41) is 18.1. The predicted molar refractivity (Wildman–Crippen MR) is 54.4 cm³/mol. The number of carbonyl (C=O) groups excluding carboxylic acids is 1. The lowest BCUT2D eigenvalue weighted by Crippen LogP contribution is -2.48. The van der Waals surface area contributed by atoms with Gasteiger partial charge in [0.15, 0.2) is 0 Å². The first-order chi connectivity index (χ1) is 7.00. The van der Waals surface area contributed by atoms with Crippen LogP contribution in [0.15, 0.2) is 0 Å². The minimum Gasteiger partial charge on any atom is -0.394 e. The molecule has 0 saturated carbocycles. The van der Waals surface area contributed by atoms with Crippen molar-refractivity contribution in [2.45, 2.75) is 32.7 Å². The molecule has 84 valence electrons. The van der Waals surface area contributed by atoms with Crippen LogP contribution in [-0.4, -0.2) is 38.3 Å². The summed E-state index contributed by atoms with van der Waals surface area (Å²) in [6, 6.07) is 0. The Balaban J connectivity index is 2.71. The van der Waals surface area contributed by atoms with E-state index >= 15 is 0 Å². The van der Waals surface area contributed by atoms with E-state index in [2.05, 4.69) is 20.5 Å². The molecule has 0 aliphatic heterocycles. The van der Waals surface area contributed by atoms with E-state index in [1.54, 1.807) is 13.8 Å². The first-order valence-corrected chi connectivity index (χ1v) is 4.83. The second kappa shape index (κ2) is 4.39. The van der Waals surface area contributed by atoms with Gasteiger partial charge in [-0.3, -0.25) is 9.89 Å². The molecule has 1 unspecified atom stereocenters. The number of aliphatic hydroxyl groups excluding tert-OH is 1. The van der Waals surface area contributed by atoms with E-state index in [0.717, 1.165) is 0 Å². The molecule has 0 aromatic carbocycles. The van der Waals surface area contributed by atoms with Crippen LogP contribution in [0.4, 0.5) is 0 Å². The van der Waals surface area contributed by atoms with Crippen molar-refractivity contribution in [3.05, 3.63) is 11.6 Å². The monoisotopic (exact) mass is 212 g/mol. The van der Waals surface area contributed by atoms with Crippen LogP contribution in [0, 0.1) is 6.92 Å². The zero-order chi connectivity index (χ0) is 11.5. The number of carbonyl (C=O) groups is 1. The molecule has 3 N–H and O–H groups in total. The van der Waals surface area contributed by atoms with Crippen molar-refractivity contribution in [3.8, 4) is 0 Å². The summed E-state index contributed by atoms with van der Waals surface area (Å²) in [5.74, 6) is 0.306. The molecule has 1 rings (SSSR count). The molecule has 1 aromatic rings. The van der Waals surface area contributed by atoms with Gasteiger partial charge in [-0.05, 0) is 20.3 Å². The van der Waals surface area contributed by atoms with Crippen LogP contribution in [0.3, 0.4) is 0 Å². The lowest BCUT2D eigenvalue weighted by atomic mass is 10.0. The van der Waals surface area contributed by atoms with Crippen LogP contribution >= 0.6 is 0 Å². The van der Waals surface area contributed by atoms with E-state index in [1.165, 1.54) is 0 Å². The summed E-state index contributed by atoms with van der Waals surface area (Å²) in [5.41, 5.74) is -0.619. The Morgan fingerprint density at radius 2 is 2.33 bits per heavy atom. The molecule has 0 radical (unpaired) electrons. The highest BCUT2D eigenvalue weighted by Gasteiger charge is 2.25. The van der Waals surface area contributed by atoms with Crippen LogP contribution in [0.2, 0.25) is 0 Å². The third kappa shape index (κ3) is 2.76. The Kier molecular flexibility index (Phi) is 3.41. The van der Waals surface area contributed by atoms with Crippen molar-refractivity contribution in [2.24, 2.45) is 0 Å². The normalized spacial score (nSPS) is 14.7. The van der Waals surface area contributed by atoms with Gasteiger partial charge in [-0.25, -0.2) is 4.98 Å². The summed E-state index contributed by atoms with van der Waals surface area (Å²) in [7, 11) is 0. The summed E-state index contributed by atoms with van der Waals surface area (Å²) in [6.07, 6.45) is 0.638. The molecule has 1 amide bonds. The molecule has 0 spiro atoms. The standard InChI is InChI=1S/C9H16N4O2/c1-4-9(3,5-14)11-8(15)7-10-6(2)12-13-7/h14H,4-5H2,1-3H3,(H,11,15)(H,10,12,13). The van der Waals surface area contributed by atoms with Crippen molar-refractivity contribution >= 4 is 5.91 Å². The van der Waals surface area contributed by atoms with Crippen LogP contribution < -0.4 is 5.32 Å². The van der Waals surface area contributed by atoms with Crippen molar-refractivity contribution in [1.29, 1.82) is 0 Å². The maximum absolute atomic E-state index is 11.6. The van der Waals surface area contributed by atoms with Gasteiger partial charge in [0.2, 0.25) is 5.82 Å². The fourth-order valence-electron chi connectivity index (χ4n) is 1.01. The van der Waals surface area contributed by atoms with E-state index in [4.69, 9.17) is 5.11 Å². The van der Waals surface area contributed by atoms with E-state index in [-0.39, 0.29) is 18.3 Å². The van der Waals surface area contributed by atoms with Crippen LogP contribution in [-0.2, 0) is 0 Å². The first kappa shape index (κ1) is 11.6. The van der Waals surface area contributed by atoms with Gasteiger partial charge in [-0.1, -0.05) is 6.92 Å². The van der Waals surface area contributed by atoms with Crippen molar-refractivity contribution < 1.29 is 9.90 Å². The number of rotatable bonds is 4. The van der Waals surface area contributed by atoms with E-state index < -0.39 is 5.54 Å². The summed E-state index contributed by atoms with van der Waals surface area (Å²) in [4.78, 5) is 15.5. The number of nitrogens with one attached hydrogen (secondary N) is 2. The molecule has 1 aromatic heterocycles. The molecular weight excluding hydrogens is 196 g/mol. The molecule has 0 saturated heterocycles. The molecule has 6 nitrogen and oxygen atoms in total. The minimum absolute atomic E-state index is 0.0978. The van der Waals surface area contributed by atoms with Gasteiger partial charge in [-0.15, -0.1) is 5.10 Å². The first-order valence-electron chi connectivity index (χ1n) is 4.83. The van der Waals surface area contributed by atoms with Gasteiger partial charge in [-0.2, -0.15) is 0 Å². The van der Waals surface area contributed by atoms with Crippen molar-refractivity contribution in [3.63, 3.8) is 0 Å². The summed E-state index contributed by atoms with van der Waals surface area (Å²) < 4.78 is 0. The molecule has 0 fully saturated rings. The Morgan fingerprint density at radius 3 is 2.73 bits per heavy atom. The second-order valence-electron chi connectivity index (χ2n) is 3.77. The highest BCUT2D eigenvalue weighted by molar-refractivity contribution is 5.90. The van der Waals surface area contributed by atoms with Gasteiger partial charge in [0, 0.05) is 0 Å². The number of aromatic nitrogens is 3. The fourth-order valence-corrected chi connectivity index (χ4v) is 1.01. The zero-order valence-electron chi connectivity index (χ0n) is 9.16. The maximum Gasteiger partial charge on any atom is 0.291 e. The van der Waals surface area contributed by atoms with Crippen LogP contribution in [0.1, 0.15) is 36.7 Å². The second-order valence-corrected chi connectivity index (χ2v) is 3.77. The molecule has 1 heterocycles. The van der Waals surface area contributed by atoms with E-state index in [1.807, 2.05) is 6.92 Å². The van der Waals surface area contributed by atoms with Crippen LogP contribution in [0.5, 0.6) is 0 Å². The number of H-pyrrole nitrogens is 1. The molecule has 0 bridgehead atoms.